The molecule has 0 aliphatic rings. The lowest BCUT2D eigenvalue weighted by atomic mass is 10.2. The van der Waals surface area contributed by atoms with Gasteiger partial charge in [-0.25, -0.2) is 4.39 Å². The number of H-pyrrole nitrogens is 1. The van der Waals surface area contributed by atoms with Crippen LogP contribution in [-0.4, -0.2) is 22.0 Å². The number of allylic oxidation sites excluding steroid dienone is 2. The number of aldehydes is 1. The van der Waals surface area contributed by atoms with Gasteiger partial charge in [-0.05, 0) is 12.1 Å². The summed E-state index contributed by atoms with van der Waals surface area (Å²) < 4.78 is 65.5. The molecule has 30 heavy (non-hydrogen) atoms. The predicted molar refractivity (Wildman–Crippen MR) is 97.9 cm³/mol. The number of benzene rings is 1. The first kappa shape index (κ1) is 22.5. The Labute approximate surface area is 165 Å². The van der Waals surface area contributed by atoms with E-state index in [4.69, 9.17) is 11.5 Å². The summed E-state index contributed by atoms with van der Waals surface area (Å²) in [6.07, 6.45) is -3.09. The molecule has 0 spiro atoms. The molecule has 0 atom stereocenters. The van der Waals surface area contributed by atoms with Gasteiger partial charge in [0.25, 0.3) is 5.56 Å². The molecule has 158 valence electrons. The minimum Gasteiger partial charge on any atom is -0.397 e. The number of halogens is 5. The van der Waals surface area contributed by atoms with Crippen LogP contribution < -0.4 is 17.0 Å². The molecule has 7 nitrogen and oxygen atoms in total. The van der Waals surface area contributed by atoms with Crippen LogP contribution in [0.15, 0.2) is 51.9 Å². The molecule has 0 unspecified atom stereocenters. The third-order valence-electron chi connectivity index (χ3n) is 3.65. The van der Waals surface area contributed by atoms with Crippen LogP contribution in [0.4, 0.5) is 22.0 Å². The number of aliphatic imine (C=N–C) groups is 1. The fourth-order valence-electron chi connectivity index (χ4n) is 2.22. The summed E-state index contributed by atoms with van der Waals surface area (Å²) in [5.74, 6) is -3.35. The summed E-state index contributed by atoms with van der Waals surface area (Å²) in [6.45, 7) is -0.232. The Balaban J connectivity index is 2.49. The van der Waals surface area contributed by atoms with Crippen molar-refractivity contribution in [3.05, 3.63) is 81.2 Å². The highest BCUT2D eigenvalue weighted by Crippen LogP contribution is 2.27. The maximum atomic E-state index is 13.7. The van der Waals surface area contributed by atoms with Crippen molar-refractivity contribution in [3.63, 3.8) is 0 Å². The van der Waals surface area contributed by atoms with Gasteiger partial charge in [0.05, 0.1) is 23.7 Å². The number of hydrogen-bond donors (Lipinski definition) is 3. The van der Waals surface area contributed by atoms with Gasteiger partial charge in [0.15, 0.2) is 11.4 Å². The maximum Gasteiger partial charge on any atom is 0.426 e. The molecule has 0 aliphatic carbocycles. The van der Waals surface area contributed by atoms with Gasteiger partial charge >= 0.3 is 6.18 Å². The minimum absolute atomic E-state index is 0.174. The highest BCUT2D eigenvalue weighted by atomic mass is 19.4. The number of rotatable bonds is 6. The maximum absolute atomic E-state index is 13.7. The van der Waals surface area contributed by atoms with Crippen LogP contribution in [0.1, 0.15) is 17.0 Å². The second-order valence-corrected chi connectivity index (χ2v) is 5.73. The minimum atomic E-state index is -5.26. The monoisotopic (exact) mass is 427 g/mol. The first-order chi connectivity index (χ1) is 14.0. The number of carbonyl (C=O) groups excluding carboxylic acids is 1. The van der Waals surface area contributed by atoms with Crippen molar-refractivity contribution in [2.24, 2.45) is 16.5 Å². The molecule has 1 aromatic carbocycles. The highest BCUT2D eigenvalue weighted by molar-refractivity contribution is 6.12. The number of aromatic nitrogens is 2. The molecule has 12 heteroatoms. The lowest BCUT2D eigenvalue weighted by molar-refractivity contribution is -0.141. The number of alkyl halides is 3. The molecule has 2 aromatic rings. The van der Waals surface area contributed by atoms with Crippen molar-refractivity contribution in [1.29, 1.82) is 0 Å². The molecule has 0 radical (unpaired) electrons. The van der Waals surface area contributed by atoms with E-state index >= 15 is 0 Å². The quantitative estimate of drug-likeness (QED) is 0.214. The zero-order valence-electron chi connectivity index (χ0n) is 15.0. The van der Waals surface area contributed by atoms with Crippen molar-refractivity contribution in [2.75, 3.05) is 0 Å². The van der Waals surface area contributed by atoms with Gasteiger partial charge in [-0.3, -0.25) is 14.6 Å². The van der Waals surface area contributed by atoms with Gasteiger partial charge in [0, 0.05) is 11.6 Å². The van der Waals surface area contributed by atoms with Crippen molar-refractivity contribution in [1.82, 2.24) is 9.97 Å². The third-order valence-corrected chi connectivity index (χ3v) is 3.65. The van der Waals surface area contributed by atoms with Gasteiger partial charge in [0.1, 0.15) is 12.1 Å². The van der Waals surface area contributed by atoms with Crippen LogP contribution in [0, 0.1) is 11.8 Å². The molecule has 0 fully saturated rings. The fraction of sp³-hybridized carbons (Fsp3) is 0.111. The molecule has 0 amide bonds. The van der Waals surface area contributed by atoms with Crippen LogP contribution >= 0.6 is 0 Å². The Bertz CT molecular complexity index is 1100. The zero-order valence-corrected chi connectivity index (χ0v) is 15.0. The van der Waals surface area contributed by atoms with Crippen molar-refractivity contribution in [2.45, 2.75) is 12.7 Å². The highest BCUT2D eigenvalue weighted by Gasteiger charge is 2.39. The van der Waals surface area contributed by atoms with E-state index in [2.05, 4.69) is 9.98 Å². The summed E-state index contributed by atoms with van der Waals surface area (Å²) in [4.78, 5) is 31.0. The van der Waals surface area contributed by atoms with E-state index in [1.165, 1.54) is 18.2 Å². The van der Waals surface area contributed by atoms with E-state index in [0.717, 1.165) is 12.2 Å². The molecule has 0 bridgehead atoms. The van der Waals surface area contributed by atoms with Crippen molar-refractivity contribution in [3.8, 4) is 0 Å². The van der Waals surface area contributed by atoms with E-state index in [9.17, 15) is 31.5 Å². The zero-order chi connectivity index (χ0) is 22.5. The number of nitrogens with one attached hydrogen (secondary N) is 1. The summed E-state index contributed by atoms with van der Waals surface area (Å²) in [5.41, 5.74) is 6.75. The summed E-state index contributed by atoms with van der Waals surface area (Å²) in [7, 11) is 0. The Morgan fingerprint density at radius 2 is 1.87 bits per heavy atom. The molecule has 1 aromatic heterocycles. The Hall–Kier alpha value is -3.83. The molecule has 0 saturated carbocycles. The summed E-state index contributed by atoms with van der Waals surface area (Å²) >= 11 is 0. The first-order valence-corrected chi connectivity index (χ1v) is 8.08. The third kappa shape index (κ3) is 5.37. The lowest BCUT2D eigenvalue weighted by Gasteiger charge is -2.09. The van der Waals surface area contributed by atoms with E-state index in [1.807, 2.05) is 0 Å². The van der Waals surface area contributed by atoms with Crippen LogP contribution in [0.2, 0.25) is 0 Å². The second kappa shape index (κ2) is 9.11. The molecular formula is C18H14F5N5O2. The summed E-state index contributed by atoms with van der Waals surface area (Å²) in [6, 6.07) is 5.65. The summed E-state index contributed by atoms with van der Waals surface area (Å²) in [5, 5.41) is 0. The van der Waals surface area contributed by atoms with E-state index in [0.29, 0.717) is 6.29 Å². The molecule has 0 aliphatic heterocycles. The molecular weight excluding hydrogens is 413 g/mol. The number of aromatic amines is 1. The van der Waals surface area contributed by atoms with E-state index in [1.54, 1.807) is 11.1 Å². The Kier molecular flexibility index (Phi) is 6.82. The smallest absolute Gasteiger partial charge is 0.397 e. The van der Waals surface area contributed by atoms with Gasteiger partial charge in [0.2, 0.25) is 5.95 Å². The Morgan fingerprint density at radius 1 is 1.20 bits per heavy atom. The molecule has 5 N–H and O–H groups in total. The first-order valence-electron chi connectivity index (χ1n) is 8.08. The predicted octanol–water partition coefficient (Wildman–Crippen LogP) is 2.05. The van der Waals surface area contributed by atoms with Crippen LogP contribution in [0.3, 0.4) is 0 Å². The van der Waals surface area contributed by atoms with Gasteiger partial charge in [-0.1, -0.05) is 18.2 Å². The van der Waals surface area contributed by atoms with E-state index < -0.39 is 40.6 Å². The largest absolute Gasteiger partial charge is 0.426 e. The lowest BCUT2D eigenvalue weighted by Crippen LogP contribution is -2.27. The van der Waals surface area contributed by atoms with Crippen LogP contribution in [0.25, 0.3) is 5.70 Å². The average Bonchev–Trinajstić information content (AvgIpc) is 2.64. The number of carbonyl (C=O) groups is 1. The number of nitrogens with zero attached hydrogens (tertiary/aromatic N) is 2. The van der Waals surface area contributed by atoms with Gasteiger partial charge < -0.3 is 16.5 Å². The standard InChI is InChI=1S/C18H14F5N5O2/c19-10-4-2-1-3-9(10)8-26-13(11(24)5-6-29)7-12(25)16-27-15(20)14(17(30)28-16)18(21,22)23/h1-7H,8,24-25H2,(H,27,28,30). The average molecular weight is 427 g/mol. The van der Waals surface area contributed by atoms with E-state index in [-0.39, 0.29) is 23.5 Å². The second-order valence-electron chi connectivity index (χ2n) is 5.73. The van der Waals surface area contributed by atoms with Crippen molar-refractivity contribution < 1.29 is 26.7 Å². The molecule has 1 heterocycles. The normalized spacial score (nSPS) is 13.4. The van der Waals surface area contributed by atoms with Gasteiger partial charge in [-0.15, -0.1) is 0 Å². The topological polar surface area (TPSA) is 127 Å². The fourth-order valence-corrected chi connectivity index (χ4v) is 2.22. The SMILES string of the molecule is NC(=CC=O)C(C=C(N)c1nc(F)c(C(F)(F)F)c(=O)[nH]1)=NCc1ccccc1F. The number of hydrogen-bond acceptors (Lipinski definition) is 6. The van der Waals surface area contributed by atoms with Crippen LogP contribution in [0.5, 0.6) is 0 Å². The van der Waals surface area contributed by atoms with Gasteiger partial charge in [-0.2, -0.15) is 22.5 Å². The Morgan fingerprint density at radius 3 is 2.43 bits per heavy atom. The van der Waals surface area contributed by atoms with Crippen molar-refractivity contribution >= 4 is 17.7 Å². The molecule has 0 saturated heterocycles. The van der Waals surface area contributed by atoms with Crippen LogP contribution in [-0.2, 0) is 17.5 Å². The number of nitrogens with two attached hydrogens (primary N) is 2. The molecule has 2 rings (SSSR count).